The molecule has 0 radical (unpaired) electrons. The van der Waals surface area contributed by atoms with Crippen LogP contribution >= 0.6 is 0 Å². The van der Waals surface area contributed by atoms with Crippen molar-refractivity contribution in [2.45, 2.75) is 77.4 Å². The van der Waals surface area contributed by atoms with E-state index in [1.807, 2.05) is 37.3 Å². The Kier molecular flexibility index (Phi) is 8.42. The maximum atomic E-state index is 13.1. The molecule has 0 spiro atoms. The third-order valence-electron chi connectivity index (χ3n) is 9.05. The lowest BCUT2D eigenvalue weighted by Crippen LogP contribution is -2.53. The van der Waals surface area contributed by atoms with Gasteiger partial charge in [0.15, 0.2) is 0 Å². The highest BCUT2D eigenvalue weighted by Gasteiger charge is 2.61. The second-order valence-corrected chi connectivity index (χ2v) is 12.3. The summed E-state index contributed by atoms with van der Waals surface area (Å²) >= 11 is 0. The van der Waals surface area contributed by atoms with E-state index in [2.05, 4.69) is 29.4 Å². The first-order valence-corrected chi connectivity index (χ1v) is 13.7. The number of carbonyl (C=O) groups excluding carboxylic acids is 2. The number of nitrogens with one attached hydrogen (secondary N) is 2. The Morgan fingerprint density at radius 3 is 2.50 bits per heavy atom. The van der Waals surface area contributed by atoms with Gasteiger partial charge in [-0.2, -0.15) is 0 Å². The molecule has 1 aliphatic heterocycles. The number of morpholine rings is 1. The van der Waals surface area contributed by atoms with Crippen molar-refractivity contribution in [1.29, 1.82) is 0 Å². The predicted molar refractivity (Wildman–Crippen MR) is 140 cm³/mol. The number of aliphatic hydroxyl groups is 1. The number of hydrogen-bond acceptors (Lipinski definition) is 5. The van der Waals surface area contributed by atoms with Gasteiger partial charge in [0.25, 0.3) is 0 Å². The molecule has 36 heavy (non-hydrogen) atoms. The lowest BCUT2D eigenvalue weighted by Gasteiger charge is -2.50. The normalized spacial score (nSPS) is 32.0. The van der Waals surface area contributed by atoms with Crippen molar-refractivity contribution in [3.63, 3.8) is 0 Å². The molecule has 4 atom stereocenters. The minimum atomic E-state index is -0.700. The van der Waals surface area contributed by atoms with Crippen LogP contribution in [-0.2, 0) is 20.7 Å². The highest BCUT2D eigenvalue weighted by atomic mass is 16.5. The molecule has 1 heterocycles. The number of rotatable bonds is 9. The Labute approximate surface area is 216 Å². The minimum absolute atomic E-state index is 0.00552. The van der Waals surface area contributed by atoms with E-state index in [9.17, 15) is 14.7 Å². The van der Waals surface area contributed by atoms with Crippen molar-refractivity contribution in [3.8, 4) is 0 Å². The average Bonchev–Trinajstić information content (AvgIpc) is 3.04. The summed E-state index contributed by atoms with van der Waals surface area (Å²) in [5, 5.41) is 17.5. The zero-order chi connectivity index (χ0) is 25.8. The van der Waals surface area contributed by atoms with E-state index in [-0.39, 0.29) is 34.6 Å². The maximum Gasteiger partial charge on any atom is 0.224 e. The lowest BCUT2D eigenvalue weighted by atomic mass is 9.57. The Bertz CT molecular complexity index is 897. The average molecular weight is 500 g/mol. The van der Waals surface area contributed by atoms with Crippen LogP contribution in [0.2, 0.25) is 0 Å². The van der Waals surface area contributed by atoms with Gasteiger partial charge < -0.3 is 20.5 Å². The number of hydrogen-bond donors (Lipinski definition) is 3. The molecule has 7 nitrogen and oxygen atoms in total. The Hall–Kier alpha value is -1.96. The van der Waals surface area contributed by atoms with Crippen LogP contribution in [0.15, 0.2) is 30.3 Å². The van der Waals surface area contributed by atoms with E-state index in [0.717, 1.165) is 57.7 Å². The number of benzene rings is 1. The maximum absolute atomic E-state index is 13.1. The standard InChI is InChI=1S/C29H45N3O4/c1-27(2)21-24(31-26(34)19-22-7-5-4-6-8-22)29(12-11-28(3,35)20-23(27)29)10-9-25(33)30-13-14-32-15-17-36-18-16-32/h4-8,23-24,35H,9-21H2,1-3H3,(H,30,33)(H,31,34). The van der Waals surface area contributed by atoms with E-state index in [4.69, 9.17) is 4.74 Å². The Balaban J connectivity index is 1.41. The van der Waals surface area contributed by atoms with Gasteiger partial charge in [-0.15, -0.1) is 0 Å². The minimum Gasteiger partial charge on any atom is -0.390 e. The van der Waals surface area contributed by atoms with Crippen LogP contribution in [0.1, 0.15) is 64.9 Å². The first-order valence-electron chi connectivity index (χ1n) is 13.7. The van der Waals surface area contributed by atoms with Crippen LogP contribution in [0.25, 0.3) is 0 Å². The number of amides is 2. The summed E-state index contributed by atoms with van der Waals surface area (Å²) in [6, 6.07) is 9.84. The molecular weight excluding hydrogens is 454 g/mol. The van der Waals surface area contributed by atoms with Gasteiger partial charge in [0.2, 0.25) is 11.8 Å². The van der Waals surface area contributed by atoms with Crippen molar-refractivity contribution in [1.82, 2.24) is 15.5 Å². The molecule has 3 fully saturated rings. The third-order valence-corrected chi connectivity index (χ3v) is 9.05. The van der Waals surface area contributed by atoms with Gasteiger partial charge in [0.1, 0.15) is 0 Å². The molecule has 1 saturated heterocycles. The fourth-order valence-corrected chi connectivity index (χ4v) is 7.07. The molecule has 1 aromatic rings. The molecule has 200 valence electrons. The fourth-order valence-electron chi connectivity index (χ4n) is 7.07. The molecule has 3 aliphatic rings. The monoisotopic (exact) mass is 499 g/mol. The van der Waals surface area contributed by atoms with Gasteiger partial charge in [0, 0.05) is 38.6 Å². The number of fused-ring (bicyclic) bond motifs is 1. The molecule has 7 heteroatoms. The smallest absolute Gasteiger partial charge is 0.224 e. The Morgan fingerprint density at radius 1 is 1.06 bits per heavy atom. The van der Waals surface area contributed by atoms with Gasteiger partial charge in [-0.3, -0.25) is 14.5 Å². The quantitative estimate of drug-likeness (QED) is 0.486. The summed E-state index contributed by atoms with van der Waals surface area (Å²) in [6.45, 7) is 11.3. The molecule has 0 bridgehead atoms. The topological polar surface area (TPSA) is 90.9 Å². The molecule has 1 aromatic carbocycles. The summed E-state index contributed by atoms with van der Waals surface area (Å²) in [6.07, 6.45) is 4.64. The molecule has 3 N–H and O–H groups in total. The summed E-state index contributed by atoms with van der Waals surface area (Å²) in [5.74, 6) is 0.360. The van der Waals surface area contributed by atoms with Gasteiger partial charge in [-0.05, 0) is 61.3 Å². The van der Waals surface area contributed by atoms with E-state index in [0.29, 0.717) is 32.2 Å². The van der Waals surface area contributed by atoms with E-state index >= 15 is 0 Å². The van der Waals surface area contributed by atoms with Gasteiger partial charge >= 0.3 is 0 Å². The summed E-state index contributed by atoms with van der Waals surface area (Å²) in [7, 11) is 0. The second kappa shape index (κ2) is 11.2. The van der Waals surface area contributed by atoms with Gasteiger partial charge in [-0.1, -0.05) is 44.2 Å². The molecule has 0 aromatic heterocycles. The SMILES string of the molecule is CC1(O)CCC2(CCC(=O)NCCN3CCOCC3)C(NC(=O)Cc3ccccc3)CC(C)(C)C2C1. The zero-order valence-corrected chi connectivity index (χ0v) is 22.4. The van der Waals surface area contributed by atoms with Crippen LogP contribution in [0.5, 0.6) is 0 Å². The highest BCUT2D eigenvalue weighted by molar-refractivity contribution is 5.79. The fraction of sp³-hybridized carbons (Fsp3) is 0.724. The Morgan fingerprint density at radius 2 is 1.78 bits per heavy atom. The molecular formula is C29H45N3O4. The second-order valence-electron chi connectivity index (χ2n) is 12.3. The van der Waals surface area contributed by atoms with E-state index in [1.165, 1.54) is 0 Å². The third kappa shape index (κ3) is 6.48. The first-order chi connectivity index (χ1) is 17.1. The van der Waals surface area contributed by atoms with E-state index in [1.54, 1.807) is 0 Å². The largest absolute Gasteiger partial charge is 0.390 e. The van der Waals surface area contributed by atoms with Crippen molar-refractivity contribution in [2.75, 3.05) is 39.4 Å². The summed E-state index contributed by atoms with van der Waals surface area (Å²) < 4.78 is 5.40. The van der Waals surface area contributed by atoms with Crippen LogP contribution < -0.4 is 10.6 Å². The molecule has 2 saturated carbocycles. The number of ether oxygens (including phenoxy) is 1. The van der Waals surface area contributed by atoms with Crippen molar-refractivity contribution in [2.24, 2.45) is 16.7 Å². The molecule has 2 aliphatic carbocycles. The van der Waals surface area contributed by atoms with Gasteiger partial charge in [-0.25, -0.2) is 0 Å². The van der Waals surface area contributed by atoms with Crippen molar-refractivity contribution >= 4 is 11.8 Å². The van der Waals surface area contributed by atoms with Crippen LogP contribution in [0.3, 0.4) is 0 Å². The van der Waals surface area contributed by atoms with Crippen molar-refractivity contribution in [3.05, 3.63) is 35.9 Å². The van der Waals surface area contributed by atoms with Crippen LogP contribution in [0.4, 0.5) is 0 Å². The number of carbonyl (C=O) groups is 2. The summed E-state index contributed by atoms with van der Waals surface area (Å²) in [4.78, 5) is 28.3. The first kappa shape index (κ1) is 27.1. The zero-order valence-electron chi connectivity index (χ0n) is 22.4. The molecule has 4 unspecified atom stereocenters. The molecule has 4 rings (SSSR count). The van der Waals surface area contributed by atoms with Crippen LogP contribution in [0, 0.1) is 16.7 Å². The molecule has 2 amide bonds. The predicted octanol–water partition coefficient (Wildman–Crippen LogP) is 2.91. The van der Waals surface area contributed by atoms with Gasteiger partial charge in [0.05, 0.1) is 25.2 Å². The highest BCUT2D eigenvalue weighted by Crippen LogP contribution is 2.63. The lowest BCUT2D eigenvalue weighted by molar-refractivity contribution is -0.124. The summed E-state index contributed by atoms with van der Waals surface area (Å²) in [5.41, 5.74) is 0.0974. The number of nitrogens with zero attached hydrogens (tertiary/aromatic N) is 1. The van der Waals surface area contributed by atoms with Crippen molar-refractivity contribution < 1.29 is 19.4 Å². The van der Waals surface area contributed by atoms with E-state index < -0.39 is 5.60 Å². The van der Waals surface area contributed by atoms with Crippen LogP contribution in [-0.4, -0.2) is 72.9 Å².